The van der Waals surface area contributed by atoms with Crippen LogP contribution in [-0.2, 0) is 0 Å². The molecule has 1 aromatic carbocycles. The number of pyridine rings is 1. The van der Waals surface area contributed by atoms with Crippen LogP contribution in [0.1, 0.15) is 58.2 Å². The molecule has 2 aromatic rings. The molecule has 2 nitrogen and oxygen atoms in total. The van der Waals surface area contributed by atoms with E-state index in [9.17, 15) is 0 Å². The molecule has 0 fully saturated rings. The van der Waals surface area contributed by atoms with Gasteiger partial charge in [0.2, 0.25) is 0 Å². The van der Waals surface area contributed by atoms with Gasteiger partial charge in [0.1, 0.15) is 13.9 Å². The Bertz CT molecular complexity index is 836. The molecule has 1 aromatic heterocycles. The molecule has 150 valence electrons. The average molecular weight is 393 g/mol. The molecule has 28 heavy (non-hydrogen) atoms. The zero-order valence-electron chi connectivity index (χ0n) is 19.1. The summed E-state index contributed by atoms with van der Waals surface area (Å²) in [5.41, 5.74) is 10.5. The van der Waals surface area contributed by atoms with Crippen molar-refractivity contribution in [1.82, 2.24) is 4.98 Å². The van der Waals surface area contributed by atoms with Gasteiger partial charge in [-0.05, 0) is 59.8 Å². The molecule has 0 amide bonds. The third-order valence-electron chi connectivity index (χ3n) is 6.08. The number of nitrogens with zero attached hydrogens (tertiary/aromatic N) is 2. The summed E-state index contributed by atoms with van der Waals surface area (Å²) in [4.78, 5) is 6.70. The van der Waals surface area contributed by atoms with E-state index in [1.807, 2.05) is 24.4 Å². The third kappa shape index (κ3) is 4.33. The van der Waals surface area contributed by atoms with Crippen LogP contribution in [0.2, 0.25) is 16.6 Å². The number of rotatable bonds is 5. The first-order chi connectivity index (χ1) is 13.1. The van der Waals surface area contributed by atoms with Crippen molar-refractivity contribution >= 4 is 19.6 Å². The first kappa shape index (κ1) is 22.2. The van der Waals surface area contributed by atoms with E-state index in [1.165, 1.54) is 11.1 Å². The van der Waals surface area contributed by atoms with E-state index in [2.05, 4.69) is 95.9 Å². The van der Waals surface area contributed by atoms with Gasteiger partial charge in [-0.25, -0.2) is 4.98 Å². The largest absolute Gasteiger partial charge is 0.328 e. The van der Waals surface area contributed by atoms with Gasteiger partial charge in [-0.3, -0.25) is 0 Å². The van der Waals surface area contributed by atoms with Gasteiger partial charge in [0.25, 0.3) is 0 Å². The van der Waals surface area contributed by atoms with Crippen LogP contribution in [0.25, 0.3) is 0 Å². The molecule has 0 saturated heterocycles. The molecule has 3 heteroatoms. The fraction of sp³-hybridized carbons (Fsp3) is 0.480. The average Bonchev–Trinajstić information content (AvgIpc) is 2.62. The maximum atomic E-state index is 4.54. The van der Waals surface area contributed by atoms with E-state index in [1.54, 1.807) is 0 Å². The monoisotopic (exact) mass is 392 g/mol. The highest BCUT2D eigenvalue weighted by molar-refractivity contribution is 6.90. The summed E-state index contributed by atoms with van der Waals surface area (Å²) in [5, 5.41) is 0. The highest BCUT2D eigenvalue weighted by Crippen LogP contribution is 2.41. The maximum Gasteiger partial charge on any atom is 0.146 e. The van der Waals surface area contributed by atoms with E-state index < -0.39 is 8.07 Å². The lowest BCUT2D eigenvalue weighted by Gasteiger charge is -2.38. The summed E-state index contributed by atoms with van der Waals surface area (Å²) in [7, 11) is 0.304. The van der Waals surface area contributed by atoms with Gasteiger partial charge in [0.05, 0.1) is 11.3 Å². The van der Waals surface area contributed by atoms with E-state index in [0.29, 0.717) is 16.6 Å². The molecule has 1 heterocycles. The predicted octanol–water partition coefficient (Wildman–Crippen LogP) is 7.04. The summed E-state index contributed by atoms with van der Waals surface area (Å²) in [5.74, 6) is 4.63. The van der Waals surface area contributed by atoms with Crippen molar-refractivity contribution in [2.75, 3.05) is 11.9 Å². The summed E-state index contributed by atoms with van der Waals surface area (Å²) >= 11 is 0. The molecule has 0 saturated carbocycles. The van der Waals surface area contributed by atoms with Gasteiger partial charge >= 0.3 is 0 Å². The topological polar surface area (TPSA) is 16.1 Å². The highest BCUT2D eigenvalue weighted by Gasteiger charge is 2.41. The Balaban J connectivity index is 2.66. The maximum absolute atomic E-state index is 4.54. The van der Waals surface area contributed by atoms with Crippen molar-refractivity contribution < 1.29 is 0 Å². The lowest BCUT2D eigenvalue weighted by molar-refractivity contribution is 0.838. The minimum atomic E-state index is -1.78. The van der Waals surface area contributed by atoms with Crippen LogP contribution in [0, 0.1) is 25.3 Å². The lowest BCUT2D eigenvalue weighted by atomic mass is 10.0. The van der Waals surface area contributed by atoms with Crippen molar-refractivity contribution in [3.05, 3.63) is 53.2 Å². The minimum Gasteiger partial charge on any atom is -0.328 e. The first-order valence-electron chi connectivity index (χ1n) is 10.4. The smallest absolute Gasteiger partial charge is 0.146 e. The summed E-state index contributed by atoms with van der Waals surface area (Å²) < 4.78 is 0. The molecule has 0 atom stereocenters. The molecular weight excluding hydrogens is 356 g/mol. The van der Waals surface area contributed by atoms with E-state index in [4.69, 9.17) is 0 Å². The fourth-order valence-electron chi connectivity index (χ4n) is 4.65. The van der Waals surface area contributed by atoms with Crippen LogP contribution in [0.4, 0.5) is 11.5 Å². The minimum absolute atomic E-state index is 0.628. The zero-order chi connectivity index (χ0) is 21.1. The Kier molecular flexibility index (Phi) is 7.12. The van der Waals surface area contributed by atoms with Crippen LogP contribution in [0.5, 0.6) is 0 Å². The van der Waals surface area contributed by atoms with E-state index in [0.717, 1.165) is 17.1 Å². The lowest BCUT2D eigenvalue weighted by Crippen LogP contribution is -2.43. The summed E-state index contributed by atoms with van der Waals surface area (Å²) in [6.45, 7) is 18.5. The van der Waals surface area contributed by atoms with E-state index >= 15 is 0 Å². The standard InChI is InChI=1S/C25H36N2Si/c1-18(2)28(19(3)4,20(5)6)15-13-23-22(8)16-21(7)17-24(23)27(9)25-12-10-11-14-26-25/h10-12,14,16-20H,1-9H3. The highest BCUT2D eigenvalue weighted by atomic mass is 28.3. The Morgan fingerprint density at radius 1 is 0.929 bits per heavy atom. The molecule has 0 N–H and O–H groups in total. The van der Waals surface area contributed by atoms with Gasteiger partial charge in [-0.2, -0.15) is 0 Å². The second-order valence-electron chi connectivity index (χ2n) is 8.87. The van der Waals surface area contributed by atoms with Crippen LogP contribution < -0.4 is 4.90 Å². The first-order valence-corrected chi connectivity index (χ1v) is 12.6. The van der Waals surface area contributed by atoms with Crippen LogP contribution >= 0.6 is 0 Å². The number of anilines is 2. The molecule has 0 bridgehead atoms. The predicted molar refractivity (Wildman–Crippen MR) is 126 cm³/mol. The second kappa shape index (κ2) is 8.96. The quantitative estimate of drug-likeness (QED) is 0.401. The van der Waals surface area contributed by atoms with Crippen molar-refractivity contribution in [3.63, 3.8) is 0 Å². The number of hydrogen-bond donors (Lipinski definition) is 0. The van der Waals surface area contributed by atoms with Crippen molar-refractivity contribution in [2.24, 2.45) is 0 Å². The second-order valence-corrected chi connectivity index (χ2v) is 14.5. The third-order valence-corrected chi connectivity index (χ3v) is 12.4. The Morgan fingerprint density at radius 2 is 1.54 bits per heavy atom. The van der Waals surface area contributed by atoms with Crippen molar-refractivity contribution in [2.45, 2.75) is 72.0 Å². The van der Waals surface area contributed by atoms with E-state index in [-0.39, 0.29) is 0 Å². The van der Waals surface area contributed by atoms with Crippen LogP contribution in [0.3, 0.4) is 0 Å². The van der Waals surface area contributed by atoms with Gasteiger partial charge in [0.15, 0.2) is 0 Å². The fourth-order valence-corrected chi connectivity index (χ4v) is 9.86. The Morgan fingerprint density at radius 3 is 2.04 bits per heavy atom. The number of aryl methyl sites for hydroxylation is 2. The number of hydrogen-bond acceptors (Lipinski definition) is 2. The van der Waals surface area contributed by atoms with Gasteiger partial charge in [-0.15, -0.1) is 5.54 Å². The molecule has 0 aliphatic carbocycles. The van der Waals surface area contributed by atoms with Crippen LogP contribution in [-0.4, -0.2) is 20.1 Å². The molecule has 0 radical (unpaired) electrons. The van der Waals surface area contributed by atoms with Crippen molar-refractivity contribution in [3.8, 4) is 11.5 Å². The normalized spacial score (nSPS) is 11.7. The van der Waals surface area contributed by atoms with Gasteiger partial charge in [0, 0.05) is 13.2 Å². The molecule has 0 aliphatic rings. The molecule has 0 aliphatic heterocycles. The summed E-state index contributed by atoms with van der Waals surface area (Å²) in [6.07, 6.45) is 1.84. The molecular formula is C25H36N2Si. The summed E-state index contributed by atoms with van der Waals surface area (Å²) in [6, 6.07) is 10.5. The molecule has 0 unspecified atom stereocenters. The van der Waals surface area contributed by atoms with Gasteiger partial charge < -0.3 is 4.90 Å². The number of aromatic nitrogens is 1. The Hall–Kier alpha value is -2.05. The number of benzene rings is 1. The van der Waals surface area contributed by atoms with Crippen molar-refractivity contribution in [1.29, 1.82) is 0 Å². The molecule has 2 rings (SSSR count). The van der Waals surface area contributed by atoms with Gasteiger partial charge in [-0.1, -0.05) is 59.6 Å². The SMILES string of the molecule is Cc1cc(C)c(C#C[Si](C(C)C)(C(C)C)C(C)C)c(N(C)c2ccccn2)c1. The Labute approximate surface area is 173 Å². The van der Waals surface area contributed by atoms with Crippen LogP contribution in [0.15, 0.2) is 36.5 Å². The molecule has 0 spiro atoms. The zero-order valence-corrected chi connectivity index (χ0v) is 20.1.